The van der Waals surface area contributed by atoms with Crippen molar-refractivity contribution >= 4 is 23.2 Å². The van der Waals surface area contributed by atoms with E-state index in [-0.39, 0.29) is 18.3 Å². The smallest absolute Gasteiger partial charge is 0.291 e. The highest BCUT2D eigenvalue weighted by molar-refractivity contribution is 6.05. The molecule has 2 aromatic heterocycles. The number of amides is 2. The van der Waals surface area contributed by atoms with E-state index in [1.165, 1.54) is 5.56 Å². The minimum Gasteiger partial charge on any atom is -0.486 e. The van der Waals surface area contributed by atoms with E-state index >= 15 is 0 Å². The highest BCUT2D eigenvalue weighted by atomic mass is 16.5. The van der Waals surface area contributed by atoms with Crippen molar-refractivity contribution in [3.8, 4) is 5.75 Å². The predicted molar refractivity (Wildman–Crippen MR) is 129 cm³/mol. The number of benzene rings is 2. The van der Waals surface area contributed by atoms with Crippen molar-refractivity contribution in [3.63, 3.8) is 0 Å². The van der Waals surface area contributed by atoms with Gasteiger partial charge in [-0.15, -0.1) is 0 Å². The fourth-order valence-corrected chi connectivity index (χ4v) is 3.39. The Balaban J connectivity index is 1.34. The molecule has 0 saturated heterocycles. The van der Waals surface area contributed by atoms with Crippen LogP contribution in [0.5, 0.6) is 5.75 Å². The summed E-state index contributed by atoms with van der Waals surface area (Å²) in [5, 5.41) is 9.72. The molecule has 0 aliphatic carbocycles. The van der Waals surface area contributed by atoms with Gasteiger partial charge in [-0.3, -0.25) is 14.3 Å². The van der Waals surface area contributed by atoms with Gasteiger partial charge in [0.05, 0.1) is 0 Å². The molecule has 0 unspecified atom stereocenters. The van der Waals surface area contributed by atoms with Crippen LogP contribution in [0.3, 0.4) is 0 Å². The van der Waals surface area contributed by atoms with E-state index < -0.39 is 5.91 Å². The zero-order valence-electron chi connectivity index (χ0n) is 19.1. The quantitative estimate of drug-likeness (QED) is 0.362. The number of hydrogen-bond acceptors (Lipinski definition) is 5. The number of nitrogens with zero attached hydrogens (tertiary/aromatic N) is 2. The molecule has 0 bridgehead atoms. The van der Waals surface area contributed by atoms with E-state index in [0.29, 0.717) is 29.4 Å². The first-order valence-electron chi connectivity index (χ1n) is 11.1. The van der Waals surface area contributed by atoms with Gasteiger partial charge in [-0.25, -0.2) is 0 Å². The molecule has 2 amide bonds. The predicted octanol–water partition coefficient (Wildman–Crippen LogP) is 5.14. The van der Waals surface area contributed by atoms with Crippen LogP contribution in [0.4, 0.5) is 11.4 Å². The van der Waals surface area contributed by atoms with Gasteiger partial charge in [0, 0.05) is 24.1 Å². The number of ether oxygens (including phenoxy) is 1. The fourth-order valence-electron chi connectivity index (χ4n) is 3.39. The summed E-state index contributed by atoms with van der Waals surface area (Å²) in [6, 6.07) is 19.7. The number of hydrogen-bond donors (Lipinski definition) is 2. The zero-order chi connectivity index (χ0) is 23.9. The summed E-state index contributed by atoms with van der Waals surface area (Å²) >= 11 is 0. The molecule has 0 radical (unpaired) electrons. The summed E-state index contributed by atoms with van der Waals surface area (Å²) in [6.07, 6.45) is 2.55. The molecule has 8 nitrogen and oxygen atoms in total. The number of anilines is 2. The Morgan fingerprint density at radius 3 is 2.38 bits per heavy atom. The Kier molecular flexibility index (Phi) is 7.07. The van der Waals surface area contributed by atoms with Crippen LogP contribution in [0.15, 0.2) is 77.3 Å². The monoisotopic (exact) mass is 458 g/mol. The SMILES string of the molecule is CCc1ccc(OCc2ccc(C(=O)Nc3cccc(NC(=O)c4ccnn4CC)c3)o2)cc1. The lowest BCUT2D eigenvalue weighted by Crippen LogP contribution is -2.17. The van der Waals surface area contributed by atoms with Crippen LogP contribution in [-0.4, -0.2) is 21.6 Å². The van der Waals surface area contributed by atoms with Crippen LogP contribution < -0.4 is 15.4 Å². The molecule has 0 saturated carbocycles. The number of furan rings is 1. The number of carbonyl (C=O) groups excluding carboxylic acids is 2. The molecule has 8 heteroatoms. The van der Waals surface area contributed by atoms with Crippen LogP contribution in [0.2, 0.25) is 0 Å². The summed E-state index contributed by atoms with van der Waals surface area (Å²) in [4.78, 5) is 25.2. The van der Waals surface area contributed by atoms with Crippen molar-refractivity contribution in [1.29, 1.82) is 0 Å². The van der Waals surface area contributed by atoms with E-state index in [1.807, 2.05) is 31.2 Å². The van der Waals surface area contributed by atoms with Crippen molar-refractivity contribution in [2.75, 3.05) is 10.6 Å². The zero-order valence-corrected chi connectivity index (χ0v) is 19.1. The molecule has 2 N–H and O–H groups in total. The van der Waals surface area contributed by atoms with Gasteiger partial charge in [0.2, 0.25) is 0 Å². The van der Waals surface area contributed by atoms with Crippen molar-refractivity contribution in [3.05, 3.63) is 95.7 Å². The lowest BCUT2D eigenvalue weighted by Gasteiger charge is -2.09. The van der Waals surface area contributed by atoms with Gasteiger partial charge < -0.3 is 19.8 Å². The van der Waals surface area contributed by atoms with Gasteiger partial charge >= 0.3 is 0 Å². The topological polar surface area (TPSA) is 98.4 Å². The molecule has 2 aromatic carbocycles. The van der Waals surface area contributed by atoms with E-state index in [4.69, 9.17) is 9.15 Å². The van der Waals surface area contributed by atoms with Crippen LogP contribution in [0.1, 0.15) is 46.2 Å². The van der Waals surface area contributed by atoms with Gasteiger partial charge in [-0.05, 0) is 67.4 Å². The fraction of sp³-hybridized carbons (Fsp3) is 0.192. The van der Waals surface area contributed by atoms with E-state index in [9.17, 15) is 9.59 Å². The summed E-state index contributed by atoms with van der Waals surface area (Å²) in [5.74, 6) is 0.772. The highest BCUT2D eigenvalue weighted by Crippen LogP contribution is 2.19. The average Bonchev–Trinajstić information content (AvgIpc) is 3.53. The number of aromatic nitrogens is 2. The summed E-state index contributed by atoms with van der Waals surface area (Å²) in [6.45, 7) is 4.82. The number of nitrogens with one attached hydrogen (secondary N) is 2. The largest absolute Gasteiger partial charge is 0.486 e. The third kappa shape index (κ3) is 5.53. The number of rotatable bonds is 9. The molecule has 2 heterocycles. The van der Waals surface area contributed by atoms with Gasteiger partial charge in [-0.2, -0.15) is 5.10 Å². The van der Waals surface area contributed by atoms with Crippen molar-refractivity contribution in [2.24, 2.45) is 0 Å². The molecule has 34 heavy (non-hydrogen) atoms. The standard InChI is InChI=1S/C26H26N4O4/c1-3-18-8-10-21(11-9-18)33-17-22-12-13-24(34-22)26(32)29-20-7-5-6-19(16-20)28-25(31)23-14-15-27-30(23)4-2/h5-16H,3-4,17H2,1-2H3,(H,28,31)(H,29,32). The van der Waals surface area contributed by atoms with Crippen LogP contribution in [0.25, 0.3) is 0 Å². The first kappa shape index (κ1) is 22.8. The Morgan fingerprint density at radius 1 is 0.941 bits per heavy atom. The molecule has 0 aliphatic heterocycles. The van der Waals surface area contributed by atoms with Crippen molar-refractivity contribution in [2.45, 2.75) is 33.4 Å². The maximum atomic E-state index is 12.6. The van der Waals surface area contributed by atoms with Crippen LogP contribution in [0, 0.1) is 0 Å². The Bertz CT molecular complexity index is 1270. The normalized spacial score (nSPS) is 10.6. The third-order valence-corrected chi connectivity index (χ3v) is 5.23. The van der Waals surface area contributed by atoms with E-state index in [2.05, 4.69) is 22.7 Å². The van der Waals surface area contributed by atoms with Crippen molar-refractivity contribution in [1.82, 2.24) is 9.78 Å². The highest BCUT2D eigenvalue weighted by Gasteiger charge is 2.14. The molecule has 174 valence electrons. The van der Waals surface area contributed by atoms with E-state index in [1.54, 1.807) is 53.3 Å². The van der Waals surface area contributed by atoms with Gasteiger partial charge in [0.1, 0.15) is 23.8 Å². The molecular formula is C26H26N4O4. The van der Waals surface area contributed by atoms with Gasteiger partial charge in [0.25, 0.3) is 11.8 Å². The summed E-state index contributed by atoms with van der Waals surface area (Å²) < 4.78 is 13.0. The van der Waals surface area contributed by atoms with Crippen LogP contribution in [-0.2, 0) is 19.6 Å². The Morgan fingerprint density at radius 2 is 1.68 bits per heavy atom. The maximum Gasteiger partial charge on any atom is 0.291 e. The Hall–Kier alpha value is -4.33. The third-order valence-electron chi connectivity index (χ3n) is 5.23. The second-order valence-electron chi connectivity index (χ2n) is 7.57. The molecular weight excluding hydrogens is 432 g/mol. The van der Waals surface area contributed by atoms with Crippen molar-refractivity contribution < 1.29 is 18.7 Å². The lowest BCUT2D eigenvalue weighted by atomic mass is 10.2. The first-order valence-corrected chi connectivity index (χ1v) is 11.1. The molecule has 0 fully saturated rings. The molecule has 4 rings (SSSR count). The second-order valence-corrected chi connectivity index (χ2v) is 7.57. The van der Waals surface area contributed by atoms with E-state index in [0.717, 1.165) is 12.2 Å². The molecule has 0 spiro atoms. The Labute approximate surface area is 197 Å². The average molecular weight is 459 g/mol. The molecule has 4 aromatic rings. The van der Waals surface area contributed by atoms with Gasteiger partial charge in [-0.1, -0.05) is 25.1 Å². The number of carbonyl (C=O) groups is 2. The summed E-state index contributed by atoms with van der Waals surface area (Å²) in [7, 11) is 0. The lowest BCUT2D eigenvalue weighted by molar-refractivity contribution is 0.0990. The maximum absolute atomic E-state index is 12.6. The minimum atomic E-state index is -0.397. The minimum absolute atomic E-state index is 0.168. The number of aryl methyl sites for hydroxylation is 2. The van der Waals surface area contributed by atoms with Gasteiger partial charge in [0.15, 0.2) is 5.76 Å². The second kappa shape index (κ2) is 10.5. The first-order chi connectivity index (χ1) is 16.6. The molecule has 0 aliphatic rings. The summed E-state index contributed by atoms with van der Waals surface area (Å²) in [5.41, 5.74) is 2.77. The molecule has 0 atom stereocenters. The van der Waals surface area contributed by atoms with Crippen LogP contribution >= 0.6 is 0 Å².